The van der Waals surface area contributed by atoms with E-state index in [2.05, 4.69) is 16.9 Å². The molecule has 0 bridgehead atoms. The van der Waals surface area contributed by atoms with Gasteiger partial charge in [0.05, 0.1) is 22.5 Å². The monoisotopic (exact) mass is 374 g/mol. The summed E-state index contributed by atoms with van der Waals surface area (Å²) in [7, 11) is 0. The summed E-state index contributed by atoms with van der Waals surface area (Å²) in [6, 6.07) is 3.42. The number of carbonyl (C=O) groups excluding carboxylic acids is 1. The Labute approximate surface area is 156 Å². The fraction of sp³-hybridized carbons (Fsp3) is 0.238. The Bertz CT molecular complexity index is 887. The van der Waals surface area contributed by atoms with Gasteiger partial charge in [-0.25, -0.2) is 0 Å². The van der Waals surface area contributed by atoms with Gasteiger partial charge in [0.25, 0.3) is 5.91 Å². The maximum absolute atomic E-state index is 13.0. The standard InChI is InChI=1S/C21H21F3N2O/c1-5-8-9-15-16(6-2)26-20(27)19(15)17(7-3)25-18-12-14(21(22,23)24)11-10-13(18)4/h5-6,8-12H,1,7H2,2-4H3,(H,26,27)/b9-8-,16-6+,25-17?. The van der Waals surface area contributed by atoms with Crippen LogP contribution in [0.1, 0.15) is 31.4 Å². The number of aliphatic imine (C=N–C) groups is 1. The van der Waals surface area contributed by atoms with Gasteiger partial charge in [-0.15, -0.1) is 0 Å². The Hall–Kier alpha value is -2.89. The zero-order chi connectivity index (χ0) is 20.2. The zero-order valence-electron chi connectivity index (χ0n) is 15.4. The minimum atomic E-state index is -4.45. The molecule has 2 rings (SSSR count). The second-order valence-corrected chi connectivity index (χ2v) is 5.95. The second-order valence-electron chi connectivity index (χ2n) is 5.95. The maximum Gasteiger partial charge on any atom is 0.416 e. The van der Waals surface area contributed by atoms with Crippen molar-refractivity contribution in [1.29, 1.82) is 0 Å². The third kappa shape index (κ3) is 4.45. The van der Waals surface area contributed by atoms with Crippen LogP contribution in [0.15, 0.2) is 70.9 Å². The van der Waals surface area contributed by atoms with E-state index >= 15 is 0 Å². The predicted molar refractivity (Wildman–Crippen MR) is 102 cm³/mol. The lowest BCUT2D eigenvalue weighted by Gasteiger charge is -2.11. The number of allylic oxidation sites excluding steroid dienone is 4. The van der Waals surface area contributed by atoms with Crippen molar-refractivity contribution in [2.45, 2.75) is 33.4 Å². The molecule has 6 heteroatoms. The molecule has 1 aliphatic rings. The highest BCUT2D eigenvalue weighted by Gasteiger charge is 2.31. The molecule has 1 amide bonds. The van der Waals surface area contributed by atoms with E-state index in [1.165, 1.54) is 6.07 Å². The quantitative estimate of drug-likeness (QED) is 0.531. The van der Waals surface area contributed by atoms with E-state index in [-0.39, 0.29) is 11.6 Å². The molecule has 1 aromatic rings. The number of carbonyl (C=O) groups is 1. The van der Waals surface area contributed by atoms with Crippen LogP contribution in [0, 0.1) is 6.92 Å². The van der Waals surface area contributed by atoms with Crippen LogP contribution in [0.2, 0.25) is 0 Å². The summed E-state index contributed by atoms with van der Waals surface area (Å²) in [5.74, 6) is -0.322. The van der Waals surface area contributed by atoms with Gasteiger partial charge in [0, 0.05) is 11.3 Å². The lowest BCUT2D eigenvalue weighted by Crippen LogP contribution is -2.20. The molecular weight excluding hydrogens is 353 g/mol. The lowest BCUT2D eigenvalue weighted by molar-refractivity contribution is -0.137. The van der Waals surface area contributed by atoms with Gasteiger partial charge < -0.3 is 5.32 Å². The predicted octanol–water partition coefficient (Wildman–Crippen LogP) is 5.57. The Morgan fingerprint density at radius 2 is 2.04 bits per heavy atom. The molecule has 0 saturated heterocycles. The van der Waals surface area contributed by atoms with Crippen LogP contribution in [-0.2, 0) is 11.0 Å². The molecule has 1 heterocycles. The highest BCUT2D eigenvalue weighted by molar-refractivity contribution is 6.25. The summed E-state index contributed by atoms with van der Waals surface area (Å²) in [6.45, 7) is 8.91. The summed E-state index contributed by atoms with van der Waals surface area (Å²) in [5.41, 5.74) is 2.09. The first-order chi connectivity index (χ1) is 12.7. The van der Waals surface area contributed by atoms with Crippen molar-refractivity contribution in [3.63, 3.8) is 0 Å². The van der Waals surface area contributed by atoms with Crippen molar-refractivity contribution >= 4 is 17.3 Å². The van der Waals surface area contributed by atoms with E-state index in [0.29, 0.717) is 34.5 Å². The Morgan fingerprint density at radius 1 is 1.33 bits per heavy atom. The Balaban J connectivity index is 2.66. The molecular formula is C21H21F3N2O. The minimum Gasteiger partial charge on any atom is -0.322 e. The van der Waals surface area contributed by atoms with Crippen LogP contribution in [0.5, 0.6) is 0 Å². The number of aryl methyl sites for hydroxylation is 1. The number of rotatable bonds is 5. The third-order valence-electron chi connectivity index (χ3n) is 4.14. The molecule has 3 nitrogen and oxygen atoms in total. The number of alkyl halides is 3. The second kappa shape index (κ2) is 8.20. The van der Waals surface area contributed by atoms with Crippen molar-refractivity contribution in [2.75, 3.05) is 0 Å². The first-order valence-electron chi connectivity index (χ1n) is 8.50. The van der Waals surface area contributed by atoms with Crippen LogP contribution in [0.4, 0.5) is 18.9 Å². The van der Waals surface area contributed by atoms with Gasteiger partial charge in [0.2, 0.25) is 0 Å². The van der Waals surface area contributed by atoms with Crippen LogP contribution >= 0.6 is 0 Å². The highest BCUT2D eigenvalue weighted by Crippen LogP contribution is 2.34. The molecule has 0 atom stereocenters. The molecule has 0 aromatic heterocycles. The average Bonchev–Trinajstić information content (AvgIpc) is 2.93. The van der Waals surface area contributed by atoms with Gasteiger partial charge in [-0.3, -0.25) is 9.79 Å². The van der Waals surface area contributed by atoms with E-state index in [4.69, 9.17) is 0 Å². The number of halogens is 3. The summed E-state index contributed by atoms with van der Waals surface area (Å²) >= 11 is 0. The molecule has 1 aromatic carbocycles. The Kier molecular flexibility index (Phi) is 6.20. The molecule has 27 heavy (non-hydrogen) atoms. The van der Waals surface area contributed by atoms with E-state index < -0.39 is 11.7 Å². The van der Waals surface area contributed by atoms with Gasteiger partial charge in [-0.05, 0) is 38.0 Å². The van der Waals surface area contributed by atoms with E-state index in [0.717, 1.165) is 12.1 Å². The fourth-order valence-corrected chi connectivity index (χ4v) is 2.72. The topological polar surface area (TPSA) is 41.5 Å². The number of hydrogen-bond acceptors (Lipinski definition) is 2. The summed E-state index contributed by atoms with van der Waals surface area (Å²) in [4.78, 5) is 16.9. The van der Waals surface area contributed by atoms with Crippen molar-refractivity contribution in [2.24, 2.45) is 4.99 Å². The average molecular weight is 374 g/mol. The zero-order valence-corrected chi connectivity index (χ0v) is 15.4. The first kappa shape index (κ1) is 20.4. The van der Waals surface area contributed by atoms with E-state index in [1.54, 1.807) is 38.2 Å². The molecule has 0 saturated carbocycles. The van der Waals surface area contributed by atoms with Gasteiger partial charge in [-0.2, -0.15) is 13.2 Å². The fourth-order valence-electron chi connectivity index (χ4n) is 2.72. The van der Waals surface area contributed by atoms with Crippen LogP contribution in [0.25, 0.3) is 0 Å². The van der Waals surface area contributed by atoms with Gasteiger partial charge >= 0.3 is 6.18 Å². The molecule has 1 N–H and O–H groups in total. The van der Waals surface area contributed by atoms with Gasteiger partial charge in [0.15, 0.2) is 0 Å². The van der Waals surface area contributed by atoms with Gasteiger partial charge in [0.1, 0.15) is 0 Å². The number of benzene rings is 1. The molecule has 1 aliphatic heterocycles. The highest BCUT2D eigenvalue weighted by atomic mass is 19.4. The SMILES string of the molecule is C=C/C=C\C1=C(C(CC)=Nc2cc(C(F)(F)F)ccc2C)C(=O)N/C1=C/C. The molecule has 0 spiro atoms. The van der Waals surface area contributed by atoms with Crippen molar-refractivity contribution in [1.82, 2.24) is 5.32 Å². The van der Waals surface area contributed by atoms with Crippen LogP contribution in [-0.4, -0.2) is 11.6 Å². The Morgan fingerprint density at radius 3 is 2.59 bits per heavy atom. The van der Waals surface area contributed by atoms with E-state index in [9.17, 15) is 18.0 Å². The lowest BCUT2D eigenvalue weighted by atomic mass is 10.0. The number of nitrogens with zero attached hydrogens (tertiary/aromatic N) is 1. The largest absolute Gasteiger partial charge is 0.416 e. The summed E-state index contributed by atoms with van der Waals surface area (Å²) in [6.07, 6.45) is 2.71. The molecule has 0 radical (unpaired) electrons. The molecule has 0 unspecified atom stereocenters. The van der Waals surface area contributed by atoms with Crippen molar-refractivity contribution in [3.05, 3.63) is 77.1 Å². The third-order valence-corrected chi connectivity index (χ3v) is 4.14. The summed E-state index contributed by atoms with van der Waals surface area (Å²) < 4.78 is 39.1. The number of amides is 1. The molecule has 0 fully saturated rings. The minimum absolute atomic E-state index is 0.197. The maximum atomic E-state index is 13.0. The number of hydrogen-bond donors (Lipinski definition) is 1. The number of nitrogens with one attached hydrogen (secondary N) is 1. The first-order valence-corrected chi connectivity index (χ1v) is 8.50. The van der Waals surface area contributed by atoms with Crippen LogP contribution in [0.3, 0.4) is 0 Å². The van der Waals surface area contributed by atoms with Crippen molar-refractivity contribution in [3.8, 4) is 0 Å². The van der Waals surface area contributed by atoms with Gasteiger partial charge in [-0.1, -0.05) is 43.9 Å². The summed E-state index contributed by atoms with van der Waals surface area (Å²) in [5, 5.41) is 2.77. The molecule has 0 aliphatic carbocycles. The molecule has 142 valence electrons. The van der Waals surface area contributed by atoms with E-state index in [1.807, 2.05) is 6.92 Å². The smallest absolute Gasteiger partial charge is 0.322 e. The normalized spacial score (nSPS) is 17.2. The van der Waals surface area contributed by atoms with Crippen LogP contribution < -0.4 is 5.32 Å². The van der Waals surface area contributed by atoms with Crippen molar-refractivity contribution < 1.29 is 18.0 Å².